The van der Waals surface area contributed by atoms with Gasteiger partial charge in [-0.25, -0.2) is 0 Å². The first-order chi connectivity index (χ1) is 12.6. The van der Waals surface area contributed by atoms with Crippen molar-refractivity contribution in [1.82, 2.24) is 15.0 Å². The molecule has 2 saturated heterocycles. The summed E-state index contributed by atoms with van der Waals surface area (Å²) in [7, 11) is 0. The van der Waals surface area contributed by atoms with E-state index in [2.05, 4.69) is 5.16 Å². The van der Waals surface area contributed by atoms with E-state index in [0.717, 1.165) is 43.7 Å². The monoisotopic (exact) mass is 357 g/mol. The van der Waals surface area contributed by atoms with Gasteiger partial charge in [0.2, 0.25) is 5.91 Å². The van der Waals surface area contributed by atoms with Gasteiger partial charge in [0.25, 0.3) is 5.91 Å². The van der Waals surface area contributed by atoms with Crippen molar-refractivity contribution in [2.24, 2.45) is 5.92 Å². The number of carbonyl (C=O) groups excluding carboxylic acids is 2. The molecule has 0 bridgehead atoms. The summed E-state index contributed by atoms with van der Waals surface area (Å²) in [6.07, 6.45) is 6.45. The van der Waals surface area contributed by atoms with E-state index < -0.39 is 0 Å². The highest BCUT2D eigenvalue weighted by Crippen LogP contribution is 2.34. The van der Waals surface area contributed by atoms with Gasteiger partial charge in [0.1, 0.15) is 6.26 Å². The van der Waals surface area contributed by atoms with Crippen LogP contribution in [0.2, 0.25) is 0 Å². The van der Waals surface area contributed by atoms with Gasteiger partial charge in [0.05, 0.1) is 29.5 Å². The highest BCUT2D eigenvalue weighted by molar-refractivity contribution is 5.94. The lowest BCUT2D eigenvalue weighted by molar-refractivity contribution is -0.138. The Bertz CT molecular complexity index is 783. The van der Waals surface area contributed by atoms with E-state index in [4.69, 9.17) is 8.94 Å². The van der Waals surface area contributed by atoms with E-state index in [1.165, 1.54) is 12.5 Å². The van der Waals surface area contributed by atoms with E-state index >= 15 is 0 Å². The number of aromatic nitrogens is 1. The molecular weight excluding hydrogens is 334 g/mol. The van der Waals surface area contributed by atoms with Crippen LogP contribution >= 0.6 is 0 Å². The summed E-state index contributed by atoms with van der Waals surface area (Å²) in [5.74, 6) is 0.644. The van der Waals surface area contributed by atoms with Gasteiger partial charge in [-0.1, -0.05) is 5.16 Å². The third-order valence-corrected chi connectivity index (χ3v) is 5.34. The fourth-order valence-corrected chi connectivity index (χ4v) is 4.03. The average Bonchev–Trinajstić information content (AvgIpc) is 3.41. The molecule has 2 atom stereocenters. The molecule has 2 aliphatic rings. The van der Waals surface area contributed by atoms with Crippen LogP contribution in [-0.4, -0.2) is 46.4 Å². The highest BCUT2D eigenvalue weighted by atomic mass is 16.5. The fourth-order valence-electron chi connectivity index (χ4n) is 4.03. The van der Waals surface area contributed by atoms with Gasteiger partial charge < -0.3 is 18.7 Å². The first-order valence-corrected chi connectivity index (χ1v) is 9.18. The molecule has 0 saturated carbocycles. The second-order valence-corrected chi connectivity index (χ2v) is 7.16. The maximum Gasteiger partial charge on any atom is 0.257 e. The Morgan fingerprint density at radius 3 is 2.81 bits per heavy atom. The Morgan fingerprint density at radius 1 is 1.23 bits per heavy atom. The van der Waals surface area contributed by atoms with Crippen LogP contribution in [0.15, 0.2) is 33.6 Å². The molecule has 138 valence electrons. The Kier molecular flexibility index (Phi) is 4.53. The minimum absolute atomic E-state index is 0.0383. The third-order valence-electron chi connectivity index (χ3n) is 5.34. The maximum absolute atomic E-state index is 13.2. The summed E-state index contributed by atoms with van der Waals surface area (Å²) < 4.78 is 10.4. The first-order valence-electron chi connectivity index (χ1n) is 9.18. The molecule has 7 nitrogen and oxygen atoms in total. The van der Waals surface area contributed by atoms with E-state index in [9.17, 15) is 9.59 Å². The SMILES string of the molecule is Cc1cc([C@H]2CCCN2C(=O)[C@@H]2CCCN(C(=O)c3ccoc3)C2)on1. The van der Waals surface area contributed by atoms with Gasteiger partial charge >= 0.3 is 0 Å². The average molecular weight is 357 g/mol. The number of aryl methyl sites for hydroxylation is 1. The summed E-state index contributed by atoms with van der Waals surface area (Å²) in [6.45, 7) is 3.75. The number of carbonyl (C=O) groups is 2. The van der Waals surface area contributed by atoms with Gasteiger partial charge in [0, 0.05) is 25.7 Å². The molecule has 0 aromatic carbocycles. The van der Waals surface area contributed by atoms with Gasteiger partial charge in [-0.15, -0.1) is 0 Å². The van der Waals surface area contributed by atoms with Crippen molar-refractivity contribution < 1.29 is 18.5 Å². The third kappa shape index (κ3) is 3.13. The van der Waals surface area contributed by atoms with E-state index in [1.807, 2.05) is 17.9 Å². The van der Waals surface area contributed by atoms with Crippen LogP contribution in [0.25, 0.3) is 0 Å². The second kappa shape index (κ2) is 6.97. The summed E-state index contributed by atoms with van der Waals surface area (Å²) in [6, 6.07) is 3.53. The Hall–Kier alpha value is -2.57. The molecular formula is C19H23N3O4. The number of piperidine rings is 1. The standard InChI is InChI=1S/C19H23N3O4/c1-13-10-17(26-20-13)16-5-3-8-22(16)19(24)14-4-2-7-21(11-14)18(23)15-6-9-25-12-15/h6,9-10,12,14,16H,2-5,7-8,11H2,1H3/t14-,16-/m1/s1. The largest absolute Gasteiger partial charge is 0.472 e. The zero-order valence-corrected chi connectivity index (χ0v) is 14.9. The Balaban J connectivity index is 1.46. The number of furan rings is 1. The number of likely N-dealkylation sites (tertiary alicyclic amines) is 2. The number of amides is 2. The van der Waals surface area contributed by atoms with Gasteiger partial charge in [-0.3, -0.25) is 9.59 Å². The normalized spacial score (nSPS) is 23.4. The number of hydrogen-bond donors (Lipinski definition) is 0. The lowest BCUT2D eigenvalue weighted by atomic mass is 9.95. The zero-order chi connectivity index (χ0) is 18.1. The molecule has 4 heterocycles. The molecule has 0 spiro atoms. The van der Waals surface area contributed by atoms with Gasteiger partial charge in [-0.2, -0.15) is 0 Å². The van der Waals surface area contributed by atoms with Crippen molar-refractivity contribution in [3.63, 3.8) is 0 Å². The van der Waals surface area contributed by atoms with Crippen LogP contribution in [0.5, 0.6) is 0 Å². The molecule has 0 unspecified atom stereocenters. The molecule has 2 fully saturated rings. The summed E-state index contributed by atoms with van der Waals surface area (Å²) in [4.78, 5) is 29.4. The topological polar surface area (TPSA) is 79.8 Å². The molecule has 2 amide bonds. The Labute approximate surface area is 151 Å². The first kappa shape index (κ1) is 16.9. The van der Waals surface area contributed by atoms with E-state index in [-0.39, 0.29) is 23.8 Å². The molecule has 7 heteroatoms. The summed E-state index contributed by atoms with van der Waals surface area (Å²) >= 11 is 0. The van der Waals surface area contributed by atoms with Crippen molar-refractivity contribution in [2.75, 3.05) is 19.6 Å². The molecule has 0 N–H and O–H groups in total. The molecule has 0 radical (unpaired) electrons. The predicted octanol–water partition coefficient (Wildman–Crippen LogP) is 2.79. The maximum atomic E-state index is 13.2. The minimum atomic E-state index is -0.163. The van der Waals surface area contributed by atoms with Crippen molar-refractivity contribution in [2.45, 2.75) is 38.6 Å². The number of rotatable bonds is 3. The molecule has 2 aromatic heterocycles. The van der Waals surface area contributed by atoms with Crippen LogP contribution < -0.4 is 0 Å². The molecule has 0 aliphatic carbocycles. The summed E-state index contributed by atoms with van der Waals surface area (Å²) in [5.41, 5.74) is 1.36. The van der Waals surface area contributed by atoms with Crippen molar-refractivity contribution >= 4 is 11.8 Å². The zero-order valence-electron chi connectivity index (χ0n) is 14.9. The van der Waals surface area contributed by atoms with E-state index in [1.54, 1.807) is 11.0 Å². The number of nitrogens with zero attached hydrogens (tertiary/aromatic N) is 3. The fraction of sp³-hybridized carbons (Fsp3) is 0.526. The Morgan fingerprint density at radius 2 is 2.08 bits per heavy atom. The lowest BCUT2D eigenvalue weighted by Crippen LogP contribution is -2.46. The van der Waals surface area contributed by atoms with Crippen molar-refractivity contribution in [1.29, 1.82) is 0 Å². The van der Waals surface area contributed by atoms with Crippen LogP contribution in [0.1, 0.15) is 53.5 Å². The van der Waals surface area contributed by atoms with Crippen LogP contribution in [0.4, 0.5) is 0 Å². The van der Waals surface area contributed by atoms with E-state index in [0.29, 0.717) is 18.7 Å². The van der Waals surface area contributed by atoms with Crippen molar-refractivity contribution in [3.8, 4) is 0 Å². The highest BCUT2D eigenvalue weighted by Gasteiger charge is 2.38. The lowest BCUT2D eigenvalue weighted by Gasteiger charge is -2.35. The number of hydrogen-bond acceptors (Lipinski definition) is 5. The van der Waals surface area contributed by atoms with Crippen molar-refractivity contribution in [3.05, 3.63) is 41.7 Å². The predicted molar refractivity (Wildman–Crippen MR) is 92.3 cm³/mol. The molecule has 4 rings (SSSR count). The second-order valence-electron chi connectivity index (χ2n) is 7.16. The van der Waals surface area contributed by atoms with Crippen LogP contribution in [-0.2, 0) is 4.79 Å². The molecule has 26 heavy (non-hydrogen) atoms. The van der Waals surface area contributed by atoms with Crippen LogP contribution in [0, 0.1) is 12.8 Å². The minimum Gasteiger partial charge on any atom is -0.472 e. The van der Waals surface area contributed by atoms with Gasteiger partial charge in [0.15, 0.2) is 5.76 Å². The smallest absolute Gasteiger partial charge is 0.257 e. The molecule has 2 aliphatic heterocycles. The quantitative estimate of drug-likeness (QED) is 0.844. The molecule has 2 aromatic rings. The summed E-state index contributed by atoms with van der Waals surface area (Å²) in [5, 5.41) is 3.96. The van der Waals surface area contributed by atoms with Crippen LogP contribution in [0.3, 0.4) is 0 Å². The van der Waals surface area contributed by atoms with Gasteiger partial charge in [-0.05, 0) is 38.7 Å².